The summed E-state index contributed by atoms with van der Waals surface area (Å²) in [5, 5.41) is 1.08. The summed E-state index contributed by atoms with van der Waals surface area (Å²) in [7, 11) is 1.54. The van der Waals surface area contributed by atoms with Crippen molar-refractivity contribution < 1.29 is 13.9 Å². The molecule has 1 aliphatic rings. The normalized spacial score (nSPS) is 14.1. The number of nitrogens with zero attached hydrogens (tertiary/aromatic N) is 4. The minimum absolute atomic E-state index is 0.0989. The van der Waals surface area contributed by atoms with E-state index >= 15 is 0 Å². The maximum atomic E-state index is 14.4. The molecule has 4 aromatic rings. The molecule has 0 spiro atoms. The van der Waals surface area contributed by atoms with Gasteiger partial charge in [0.15, 0.2) is 5.82 Å². The number of fused-ring (bicyclic) bond motifs is 2. The van der Waals surface area contributed by atoms with Gasteiger partial charge in [-0.15, -0.1) is 0 Å². The molecule has 0 unspecified atom stereocenters. The van der Waals surface area contributed by atoms with E-state index in [0.717, 1.165) is 23.4 Å². The molecule has 0 atom stereocenters. The third-order valence-corrected chi connectivity index (χ3v) is 6.03. The van der Waals surface area contributed by atoms with E-state index < -0.39 is 5.82 Å². The molecule has 0 radical (unpaired) electrons. The molecule has 0 saturated heterocycles. The number of hydrogen-bond donors (Lipinski definition) is 0. The summed E-state index contributed by atoms with van der Waals surface area (Å²) in [4.78, 5) is 10.6. The van der Waals surface area contributed by atoms with Gasteiger partial charge in [0.05, 0.1) is 22.7 Å². The van der Waals surface area contributed by atoms with Crippen molar-refractivity contribution in [2.24, 2.45) is 0 Å². The number of ether oxygens (including phenoxy) is 2. The Kier molecular flexibility index (Phi) is 5.63. The predicted octanol–water partition coefficient (Wildman–Crippen LogP) is 5.27. The summed E-state index contributed by atoms with van der Waals surface area (Å²) < 4.78 is 27.3. The van der Waals surface area contributed by atoms with E-state index in [0.29, 0.717) is 47.4 Å². The Hall–Kier alpha value is -2.87. The van der Waals surface area contributed by atoms with Crippen LogP contribution in [0, 0.1) is 5.82 Å². The van der Waals surface area contributed by atoms with E-state index in [4.69, 9.17) is 32.7 Å². The van der Waals surface area contributed by atoms with Gasteiger partial charge in [0.25, 0.3) is 0 Å². The van der Waals surface area contributed by atoms with Crippen LogP contribution in [0.25, 0.3) is 16.6 Å². The van der Waals surface area contributed by atoms with Gasteiger partial charge in [-0.2, -0.15) is 0 Å². The molecule has 2 aromatic heterocycles. The van der Waals surface area contributed by atoms with Crippen molar-refractivity contribution >= 4 is 34.1 Å². The molecule has 0 aliphatic carbocycles. The molecular formula is C23H19Cl2FN4O2. The summed E-state index contributed by atoms with van der Waals surface area (Å²) in [5.41, 5.74) is 3.46. The molecule has 0 fully saturated rings. The largest absolute Gasteiger partial charge is 0.490 e. The maximum Gasteiger partial charge on any atom is 0.316 e. The molecule has 6 nitrogen and oxygen atoms in total. The molecule has 32 heavy (non-hydrogen) atoms. The third kappa shape index (κ3) is 3.88. The molecule has 0 bridgehead atoms. The van der Waals surface area contributed by atoms with Crippen molar-refractivity contribution in [1.82, 2.24) is 19.4 Å². The van der Waals surface area contributed by atoms with Gasteiger partial charge in [0, 0.05) is 60.4 Å². The average molecular weight is 473 g/mol. The van der Waals surface area contributed by atoms with E-state index in [9.17, 15) is 4.39 Å². The van der Waals surface area contributed by atoms with Crippen LogP contribution in [0.1, 0.15) is 11.1 Å². The van der Waals surface area contributed by atoms with Crippen LogP contribution in [0.5, 0.6) is 11.8 Å². The van der Waals surface area contributed by atoms with Crippen molar-refractivity contribution in [2.75, 3.05) is 20.3 Å². The van der Waals surface area contributed by atoms with Crippen molar-refractivity contribution in [3.05, 3.63) is 75.9 Å². The van der Waals surface area contributed by atoms with Crippen molar-refractivity contribution in [1.29, 1.82) is 0 Å². The first-order valence-electron chi connectivity index (χ1n) is 10.0. The highest BCUT2D eigenvalue weighted by Crippen LogP contribution is 2.36. The quantitative estimate of drug-likeness (QED) is 0.404. The lowest BCUT2D eigenvalue weighted by atomic mass is 10.1. The monoisotopic (exact) mass is 472 g/mol. The van der Waals surface area contributed by atoms with Gasteiger partial charge in [-0.25, -0.2) is 14.4 Å². The molecule has 0 amide bonds. The van der Waals surface area contributed by atoms with E-state index in [1.807, 2.05) is 22.9 Å². The van der Waals surface area contributed by atoms with Gasteiger partial charge in [-0.05, 0) is 30.3 Å². The maximum absolute atomic E-state index is 14.4. The van der Waals surface area contributed by atoms with Gasteiger partial charge in [-0.1, -0.05) is 23.2 Å². The van der Waals surface area contributed by atoms with E-state index in [1.54, 1.807) is 30.6 Å². The van der Waals surface area contributed by atoms with E-state index in [2.05, 4.69) is 14.9 Å². The predicted molar refractivity (Wildman–Crippen MR) is 121 cm³/mol. The zero-order chi connectivity index (χ0) is 22.2. The molecule has 0 N–H and O–H groups in total. The third-order valence-electron chi connectivity index (χ3n) is 5.46. The van der Waals surface area contributed by atoms with E-state index in [1.165, 1.54) is 7.11 Å². The lowest BCUT2D eigenvalue weighted by Gasteiger charge is -2.19. The Morgan fingerprint density at radius 1 is 1.12 bits per heavy atom. The van der Waals surface area contributed by atoms with Crippen LogP contribution in [0.15, 0.2) is 48.9 Å². The van der Waals surface area contributed by atoms with Crippen molar-refractivity contribution in [3.8, 4) is 17.4 Å². The first-order chi connectivity index (χ1) is 15.5. The number of aromatic nitrogens is 3. The summed E-state index contributed by atoms with van der Waals surface area (Å²) in [6, 6.07) is 9.26. The summed E-state index contributed by atoms with van der Waals surface area (Å²) in [5.74, 6) is 0.245. The van der Waals surface area contributed by atoms with Crippen molar-refractivity contribution in [2.45, 2.75) is 13.1 Å². The fourth-order valence-corrected chi connectivity index (χ4v) is 4.40. The number of halogens is 3. The molecular weight excluding hydrogens is 454 g/mol. The van der Waals surface area contributed by atoms with Gasteiger partial charge in [0.1, 0.15) is 12.4 Å². The zero-order valence-corrected chi connectivity index (χ0v) is 18.7. The second kappa shape index (κ2) is 8.58. The van der Waals surface area contributed by atoms with Crippen LogP contribution in [-0.4, -0.2) is 39.7 Å². The Morgan fingerprint density at radius 2 is 1.94 bits per heavy atom. The minimum atomic E-state index is -0.431. The first-order valence-corrected chi connectivity index (χ1v) is 10.8. The molecule has 5 rings (SSSR count). The fourth-order valence-electron chi connectivity index (χ4n) is 3.95. The second-order valence-corrected chi connectivity index (χ2v) is 8.35. The molecule has 1 aliphatic heterocycles. The molecule has 3 heterocycles. The number of hydrogen-bond acceptors (Lipinski definition) is 5. The summed E-state index contributed by atoms with van der Waals surface area (Å²) >= 11 is 12.5. The summed E-state index contributed by atoms with van der Waals surface area (Å²) in [6.45, 7) is 2.53. The number of methoxy groups -OCH3 is 1. The SMILES string of the molecule is COc1ncc(CN2CCOc3c(Cl)cc(-n4ccc5c(F)c(Cl)ccc54)cc3C2)cn1. The van der Waals surface area contributed by atoms with Gasteiger partial charge < -0.3 is 14.0 Å². The number of benzene rings is 2. The van der Waals surface area contributed by atoms with E-state index in [-0.39, 0.29) is 5.02 Å². The lowest BCUT2D eigenvalue weighted by molar-refractivity contribution is 0.219. The Labute approximate surface area is 194 Å². The van der Waals surface area contributed by atoms with Crippen molar-refractivity contribution in [3.63, 3.8) is 0 Å². The highest BCUT2D eigenvalue weighted by Gasteiger charge is 2.20. The summed E-state index contributed by atoms with van der Waals surface area (Å²) in [6.07, 6.45) is 5.33. The molecule has 0 saturated carbocycles. The smallest absolute Gasteiger partial charge is 0.316 e. The lowest BCUT2D eigenvalue weighted by Crippen LogP contribution is -2.25. The van der Waals surface area contributed by atoms with Gasteiger partial charge in [0.2, 0.25) is 0 Å². The van der Waals surface area contributed by atoms with Gasteiger partial charge in [-0.3, -0.25) is 4.90 Å². The molecule has 164 valence electrons. The zero-order valence-electron chi connectivity index (χ0n) is 17.2. The van der Waals surface area contributed by atoms with Crippen LogP contribution in [0.4, 0.5) is 4.39 Å². The van der Waals surface area contributed by atoms with Crippen LogP contribution < -0.4 is 9.47 Å². The van der Waals surface area contributed by atoms with Crippen LogP contribution in [0.2, 0.25) is 10.0 Å². The molecule has 9 heteroatoms. The first kappa shape index (κ1) is 21.0. The standard InChI is InChI=1S/C23H19Cl2FN4O2/c1-31-23-27-10-14(11-28-23)12-29-6-7-32-22-15(13-29)8-16(9-19(22)25)30-5-4-17-20(30)3-2-18(24)21(17)26/h2-5,8-11H,6-7,12-13H2,1H3. The van der Waals surface area contributed by atoms with Gasteiger partial charge >= 0.3 is 6.01 Å². The average Bonchev–Trinajstić information content (AvgIpc) is 3.12. The topological polar surface area (TPSA) is 52.4 Å². The Balaban J connectivity index is 1.48. The number of rotatable bonds is 4. The fraction of sp³-hybridized carbons (Fsp3) is 0.217. The highest BCUT2D eigenvalue weighted by molar-refractivity contribution is 6.32. The van der Waals surface area contributed by atoms with Crippen LogP contribution in [0.3, 0.4) is 0 Å². The Morgan fingerprint density at radius 3 is 2.72 bits per heavy atom. The van der Waals surface area contributed by atoms with Crippen LogP contribution >= 0.6 is 23.2 Å². The van der Waals surface area contributed by atoms with Crippen LogP contribution in [-0.2, 0) is 13.1 Å². The molecule has 2 aromatic carbocycles. The Bertz CT molecular complexity index is 1290. The minimum Gasteiger partial charge on any atom is -0.490 e. The highest BCUT2D eigenvalue weighted by atomic mass is 35.5. The second-order valence-electron chi connectivity index (χ2n) is 7.53.